The lowest BCUT2D eigenvalue weighted by molar-refractivity contribution is 0.737. The molecule has 0 N–H and O–H groups in total. The van der Waals surface area contributed by atoms with Crippen LogP contribution in [0.15, 0.2) is 42.5 Å². The van der Waals surface area contributed by atoms with E-state index in [1.807, 2.05) is 30.3 Å². The molecule has 4 heteroatoms. The molecule has 0 radical (unpaired) electrons. The highest BCUT2D eigenvalue weighted by Gasteiger charge is 2.15. The summed E-state index contributed by atoms with van der Waals surface area (Å²) in [5.41, 5.74) is 3.53. The second-order valence-electron chi connectivity index (χ2n) is 4.75. The monoisotopic (exact) mass is 371 g/mol. The molecule has 20 heavy (non-hydrogen) atoms. The van der Waals surface area contributed by atoms with Crippen LogP contribution < -0.4 is 4.90 Å². The van der Waals surface area contributed by atoms with Crippen LogP contribution in [-0.4, -0.2) is 7.05 Å². The maximum absolute atomic E-state index is 6.08. The van der Waals surface area contributed by atoms with Crippen LogP contribution >= 0.6 is 39.1 Å². The van der Waals surface area contributed by atoms with Gasteiger partial charge in [-0.05, 0) is 48.4 Å². The fourth-order valence-electron chi connectivity index (χ4n) is 2.20. The van der Waals surface area contributed by atoms with Crippen molar-refractivity contribution in [1.82, 2.24) is 0 Å². The summed E-state index contributed by atoms with van der Waals surface area (Å²) in [5.74, 6) is 0. The zero-order chi connectivity index (χ0) is 14.7. The summed E-state index contributed by atoms with van der Waals surface area (Å²) < 4.78 is 0. The molecular weight excluding hydrogens is 357 g/mol. The van der Waals surface area contributed by atoms with E-state index in [0.717, 1.165) is 15.4 Å². The van der Waals surface area contributed by atoms with Crippen LogP contribution in [0.2, 0.25) is 10.0 Å². The lowest BCUT2D eigenvalue weighted by atomic mass is 10.1. The Labute approximate surface area is 138 Å². The first-order chi connectivity index (χ1) is 9.52. The van der Waals surface area contributed by atoms with Gasteiger partial charge in [0.05, 0.1) is 6.04 Å². The van der Waals surface area contributed by atoms with E-state index >= 15 is 0 Å². The first kappa shape index (κ1) is 15.7. The van der Waals surface area contributed by atoms with Gasteiger partial charge in [0.25, 0.3) is 0 Å². The first-order valence-corrected chi connectivity index (χ1v) is 8.23. The molecule has 2 aromatic carbocycles. The molecule has 1 atom stereocenters. The third kappa shape index (κ3) is 3.49. The minimum absolute atomic E-state index is 0.229. The topological polar surface area (TPSA) is 3.24 Å². The molecule has 0 spiro atoms. The standard InChI is InChI=1S/C16H16BrCl2N/c1-11(12-4-3-5-14(18)8-12)20(2)16-7-6-15(19)9-13(16)10-17/h3-9,11H,10H2,1-2H3. The maximum Gasteiger partial charge on any atom is 0.0511 e. The number of nitrogens with zero attached hydrogens (tertiary/aromatic N) is 1. The smallest absolute Gasteiger partial charge is 0.0511 e. The van der Waals surface area contributed by atoms with Crippen LogP contribution in [0.5, 0.6) is 0 Å². The van der Waals surface area contributed by atoms with Gasteiger partial charge in [-0.25, -0.2) is 0 Å². The molecule has 0 bridgehead atoms. The summed E-state index contributed by atoms with van der Waals surface area (Å²) in [5, 5.41) is 2.29. The highest BCUT2D eigenvalue weighted by molar-refractivity contribution is 9.08. The van der Waals surface area contributed by atoms with Gasteiger partial charge >= 0.3 is 0 Å². The SMILES string of the molecule is CC(c1cccc(Cl)c1)N(C)c1ccc(Cl)cc1CBr. The number of halogens is 3. The first-order valence-electron chi connectivity index (χ1n) is 6.35. The molecule has 0 saturated carbocycles. The van der Waals surface area contributed by atoms with Crippen molar-refractivity contribution in [3.8, 4) is 0 Å². The van der Waals surface area contributed by atoms with Crippen molar-refractivity contribution in [1.29, 1.82) is 0 Å². The molecule has 106 valence electrons. The number of alkyl halides is 1. The number of hydrogen-bond acceptors (Lipinski definition) is 1. The normalized spacial score (nSPS) is 12.2. The summed E-state index contributed by atoms with van der Waals surface area (Å²) in [6.45, 7) is 2.16. The Bertz CT molecular complexity index is 601. The van der Waals surface area contributed by atoms with Crippen molar-refractivity contribution in [3.05, 3.63) is 63.6 Å². The van der Waals surface area contributed by atoms with Crippen molar-refractivity contribution >= 4 is 44.8 Å². The van der Waals surface area contributed by atoms with Gasteiger partial charge in [0.2, 0.25) is 0 Å². The second-order valence-corrected chi connectivity index (χ2v) is 6.18. The number of hydrogen-bond donors (Lipinski definition) is 0. The molecule has 0 aliphatic heterocycles. The fraction of sp³-hybridized carbons (Fsp3) is 0.250. The largest absolute Gasteiger partial charge is 0.368 e. The zero-order valence-corrected chi connectivity index (χ0v) is 14.5. The fourth-order valence-corrected chi connectivity index (χ4v) is 3.05. The van der Waals surface area contributed by atoms with E-state index in [2.05, 4.69) is 46.9 Å². The van der Waals surface area contributed by atoms with Crippen LogP contribution in [0.1, 0.15) is 24.1 Å². The molecule has 0 heterocycles. The molecule has 0 saturated heterocycles. The van der Waals surface area contributed by atoms with Crippen LogP contribution in [-0.2, 0) is 5.33 Å². The predicted molar refractivity (Wildman–Crippen MR) is 92.4 cm³/mol. The van der Waals surface area contributed by atoms with Crippen molar-refractivity contribution < 1.29 is 0 Å². The van der Waals surface area contributed by atoms with Crippen LogP contribution in [0.4, 0.5) is 5.69 Å². The number of anilines is 1. The Morgan fingerprint density at radius 3 is 2.45 bits per heavy atom. The average molecular weight is 373 g/mol. The van der Waals surface area contributed by atoms with Crippen molar-refractivity contribution in [2.45, 2.75) is 18.3 Å². The molecule has 0 aromatic heterocycles. The van der Waals surface area contributed by atoms with Crippen LogP contribution in [0, 0.1) is 0 Å². The molecule has 1 nitrogen and oxygen atoms in total. The summed E-state index contributed by atoms with van der Waals surface area (Å²) in [7, 11) is 2.08. The molecule has 2 rings (SSSR count). The maximum atomic E-state index is 6.08. The van der Waals surface area contributed by atoms with Crippen molar-refractivity contribution in [2.24, 2.45) is 0 Å². The van der Waals surface area contributed by atoms with Crippen molar-refractivity contribution in [2.75, 3.05) is 11.9 Å². The predicted octanol–water partition coefficient (Wildman–Crippen LogP) is 6.09. The molecule has 2 aromatic rings. The molecule has 0 amide bonds. The molecule has 0 aliphatic carbocycles. The summed E-state index contributed by atoms with van der Waals surface area (Å²) in [6.07, 6.45) is 0. The molecule has 1 unspecified atom stereocenters. The third-order valence-corrected chi connectivity index (χ3v) is 4.55. The summed E-state index contributed by atoms with van der Waals surface area (Å²) >= 11 is 15.7. The van der Waals surface area contributed by atoms with Crippen LogP contribution in [0.3, 0.4) is 0 Å². The van der Waals surface area contributed by atoms with E-state index in [4.69, 9.17) is 23.2 Å². The minimum atomic E-state index is 0.229. The number of benzene rings is 2. The van der Waals surface area contributed by atoms with Gasteiger partial charge in [-0.2, -0.15) is 0 Å². The van der Waals surface area contributed by atoms with Gasteiger partial charge in [0, 0.05) is 28.1 Å². The highest BCUT2D eigenvalue weighted by Crippen LogP contribution is 2.31. The van der Waals surface area contributed by atoms with Gasteiger partial charge < -0.3 is 4.90 Å². The van der Waals surface area contributed by atoms with E-state index in [1.54, 1.807) is 0 Å². The van der Waals surface area contributed by atoms with Crippen molar-refractivity contribution in [3.63, 3.8) is 0 Å². The van der Waals surface area contributed by atoms with E-state index in [-0.39, 0.29) is 6.04 Å². The lowest BCUT2D eigenvalue weighted by Gasteiger charge is -2.29. The van der Waals surface area contributed by atoms with E-state index in [1.165, 1.54) is 16.8 Å². The van der Waals surface area contributed by atoms with Gasteiger partial charge in [0.15, 0.2) is 0 Å². The Balaban J connectivity index is 2.33. The molecule has 0 aliphatic rings. The van der Waals surface area contributed by atoms with E-state index in [0.29, 0.717) is 0 Å². The zero-order valence-electron chi connectivity index (χ0n) is 11.4. The van der Waals surface area contributed by atoms with Gasteiger partial charge in [0.1, 0.15) is 0 Å². The van der Waals surface area contributed by atoms with Crippen LogP contribution in [0.25, 0.3) is 0 Å². The van der Waals surface area contributed by atoms with Gasteiger partial charge in [-0.1, -0.05) is 51.3 Å². The van der Waals surface area contributed by atoms with E-state index < -0.39 is 0 Å². The quantitative estimate of drug-likeness (QED) is 0.587. The Kier molecular flexibility index (Phi) is 5.36. The average Bonchev–Trinajstić information content (AvgIpc) is 2.45. The molecule has 0 fully saturated rings. The number of rotatable bonds is 4. The summed E-state index contributed by atoms with van der Waals surface area (Å²) in [6, 6.07) is 14.2. The lowest BCUT2D eigenvalue weighted by Crippen LogP contribution is -2.22. The minimum Gasteiger partial charge on any atom is -0.368 e. The highest BCUT2D eigenvalue weighted by atomic mass is 79.9. The Hall–Kier alpha value is -0.700. The van der Waals surface area contributed by atoms with E-state index in [9.17, 15) is 0 Å². The molecular formula is C16H16BrCl2N. The Morgan fingerprint density at radius 2 is 1.80 bits per heavy atom. The summed E-state index contributed by atoms with van der Waals surface area (Å²) in [4.78, 5) is 2.23. The Morgan fingerprint density at radius 1 is 1.10 bits per heavy atom. The second kappa shape index (κ2) is 6.84. The van der Waals surface area contributed by atoms with Gasteiger partial charge in [-0.3, -0.25) is 0 Å². The van der Waals surface area contributed by atoms with Gasteiger partial charge in [-0.15, -0.1) is 0 Å². The third-order valence-electron chi connectivity index (χ3n) is 3.48.